The van der Waals surface area contributed by atoms with Crippen LogP contribution in [0.2, 0.25) is 0 Å². The maximum Gasteiger partial charge on any atom is 0.330 e. The van der Waals surface area contributed by atoms with E-state index < -0.39 is 0 Å². The van der Waals surface area contributed by atoms with Gasteiger partial charge in [0.25, 0.3) is 0 Å². The molecule has 0 aromatic rings. The lowest BCUT2D eigenvalue weighted by atomic mass is 10.1. The van der Waals surface area contributed by atoms with Gasteiger partial charge in [0.1, 0.15) is 0 Å². The van der Waals surface area contributed by atoms with E-state index in [1.807, 2.05) is 6.92 Å². The summed E-state index contributed by atoms with van der Waals surface area (Å²) in [6, 6.07) is 0. The van der Waals surface area contributed by atoms with Crippen LogP contribution in [-0.4, -0.2) is 31.6 Å². The maximum absolute atomic E-state index is 11.1. The van der Waals surface area contributed by atoms with E-state index in [1.54, 1.807) is 6.08 Å². The van der Waals surface area contributed by atoms with Crippen molar-refractivity contribution in [2.45, 2.75) is 19.8 Å². The minimum absolute atomic E-state index is 0.167. The molecule has 0 aliphatic carbocycles. The van der Waals surface area contributed by atoms with E-state index >= 15 is 0 Å². The van der Waals surface area contributed by atoms with E-state index in [9.17, 15) is 4.79 Å². The maximum atomic E-state index is 11.1. The van der Waals surface area contributed by atoms with Crippen LogP contribution in [-0.2, 0) is 9.53 Å². The average Bonchev–Trinajstić information content (AvgIpc) is 2.09. The van der Waals surface area contributed by atoms with Crippen LogP contribution in [0.15, 0.2) is 11.6 Å². The highest BCUT2D eigenvalue weighted by Crippen LogP contribution is 2.39. The summed E-state index contributed by atoms with van der Waals surface area (Å²) in [6.07, 6.45) is 6.44. The molecule has 0 aromatic heterocycles. The third kappa shape index (κ3) is 3.91. The monoisotopic (exact) mass is 200 g/mol. The highest BCUT2D eigenvalue weighted by atomic mass is 31.1. The minimum atomic E-state index is -0.167. The Hall–Kier alpha value is -0.360. The Balaban J connectivity index is 2.38. The molecule has 1 saturated heterocycles. The van der Waals surface area contributed by atoms with Gasteiger partial charge in [-0.3, -0.25) is 0 Å². The van der Waals surface area contributed by atoms with E-state index in [1.165, 1.54) is 17.9 Å². The third-order valence-corrected chi connectivity index (χ3v) is 4.21. The second-order valence-electron chi connectivity index (χ2n) is 3.36. The molecule has 1 heterocycles. The molecule has 2 nitrogen and oxygen atoms in total. The SMILES string of the molecule is CCOC(=O)C=C1CCP(C)CC1. The Morgan fingerprint density at radius 1 is 1.54 bits per heavy atom. The van der Waals surface area contributed by atoms with Crippen molar-refractivity contribution in [1.82, 2.24) is 0 Å². The normalized spacial score (nSPS) is 22.6. The molecule has 0 amide bonds. The van der Waals surface area contributed by atoms with Gasteiger partial charge < -0.3 is 4.74 Å². The van der Waals surface area contributed by atoms with Crippen molar-refractivity contribution in [3.8, 4) is 0 Å². The number of hydrogen-bond donors (Lipinski definition) is 0. The number of esters is 1. The molecule has 0 radical (unpaired) electrons. The number of ether oxygens (including phenoxy) is 1. The summed E-state index contributed by atoms with van der Waals surface area (Å²) >= 11 is 0. The van der Waals surface area contributed by atoms with Gasteiger partial charge in [0, 0.05) is 6.08 Å². The first-order chi connectivity index (χ1) is 6.22. The number of allylic oxidation sites excluding steroid dienone is 1. The number of carbonyl (C=O) groups excluding carboxylic acids is 1. The van der Waals surface area contributed by atoms with Crippen LogP contribution in [0.5, 0.6) is 0 Å². The van der Waals surface area contributed by atoms with E-state index in [4.69, 9.17) is 4.74 Å². The molecule has 1 rings (SSSR count). The molecule has 3 heteroatoms. The fraction of sp³-hybridized carbons (Fsp3) is 0.700. The number of hydrogen-bond acceptors (Lipinski definition) is 2. The largest absolute Gasteiger partial charge is 0.463 e. The van der Waals surface area contributed by atoms with Gasteiger partial charge in [0.15, 0.2) is 0 Å². The van der Waals surface area contributed by atoms with Gasteiger partial charge in [-0.25, -0.2) is 4.79 Å². The van der Waals surface area contributed by atoms with Gasteiger partial charge in [-0.2, -0.15) is 0 Å². The molecule has 1 aliphatic heterocycles. The fourth-order valence-corrected chi connectivity index (χ4v) is 2.96. The van der Waals surface area contributed by atoms with Crippen LogP contribution < -0.4 is 0 Å². The minimum Gasteiger partial charge on any atom is -0.463 e. The standard InChI is InChI=1S/C10H17O2P/c1-3-12-10(11)8-9-4-6-13(2)7-5-9/h8H,3-7H2,1-2H3. The van der Waals surface area contributed by atoms with Crippen LogP contribution in [0.3, 0.4) is 0 Å². The molecular formula is C10H17O2P. The Bertz CT molecular complexity index is 201. The number of rotatable bonds is 2. The Labute approximate surface area is 81.1 Å². The van der Waals surface area contributed by atoms with Crippen LogP contribution in [0.4, 0.5) is 0 Å². The molecule has 0 aromatic carbocycles. The zero-order chi connectivity index (χ0) is 9.68. The summed E-state index contributed by atoms with van der Waals surface area (Å²) in [6.45, 7) is 4.64. The van der Waals surface area contributed by atoms with E-state index in [2.05, 4.69) is 6.66 Å². The quantitative estimate of drug-likeness (QED) is 0.388. The van der Waals surface area contributed by atoms with Gasteiger partial charge in [0.05, 0.1) is 6.61 Å². The van der Waals surface area contributed by atoms with Crippen LogP contribution in [0.25, 0.3) is 0 Å². The lowest BCUT2D eigenvalue weighted by Gasteiger charge is -2.20. The van der Waals surface area contributed by atoms with Crippen LogP contribution in [0.1, 0.15) is 19.8 Å². The van der Waals surface area contributed by atoms with Gasteiger partial charge in [-0.1, -0.05) is 5.57 Å². The smallest absolute Gasteiger partial charge is 0.330 e. The van der Waals surface area contributed by atoms with Crippen molar-refractivity contribution in [3.63, 3.8) is 0 Å². The van der Waals surface area contributed by atoms with Crippen LogP contribution >= 0.6 is 7.92 Å². The molecule has 0 saturated carbocycles. The van der Waals surface area contributed by atoms with Gasteiger partial charge >= 0.3 is 5.97 Å². The predicted octanol–water partition coefficient (Wildman–Crippen LogP) is 2.38. The summed E-state index contributed by atoms with van der Waals surface area (Å²) in [5.74, 6) is -0.167. The Morgan fingerprint density at radius 3 is 2.69 bits per heavy atom. The van der Waals surface area contributed by atoms with E-state index in [0.29, 0.717) is 6.61 Å². The van der Waals surface area contributed by atoms with Crippen molar-refractivity contribution < 1.29 is 9.53 Å². The van der Waals surface area contributed by atoms with Crippen molar-refractivity contribution in [2.75, 3.05) is 25.6 Å². The summed E-state index contributed by atoms with van der Waals surface area (Å²) in [5, 5.41) is 0. The molecule has 0 spiro atoms. The lowest BCUT2D eigenvalue weighted by Crippen LogP contribution is -2.06. The summed E-state index contributed by atoms with van der Waals surface area (Å²) in [4.78, 5) is 11.1. The van der Waals surface area contributed by atoms with Gasteiger partial charge in [0.2, 0.25) is 0 Å². The third-order valence-electron chi connectivity index (χ3n) is 2.24. The molecule has 0 atom stereocenters. The molecule has 0 bridgehead atoms. The highest BCUT2D eigenvalue weighted by Gasteiger charge is 2.12. The first kappa shape index (κ1) is 10.7. The first-order valence-electron chi connectivity index (χ1n) is 4.77. The van der Waals surface area contributed by atoms with E-state index in [-0.39, 0.29) is 13.9 Å². The van der Waals surface area contributed by atoms with Crippen molar-refractivity contribution in [3.05, 3.63) is 11.6 Å². The molecule has 74 valence electrons. The molecule has 0 N–H and O–H groups in total. The highest BCUT2D eigenvalue weighted by molar-refractivity contribution is 7.56. The zero-order valence-electron chi connectivity index (χ0n) is 8.38. The van der Waals surface area contributed by atoms with E-state index in [0.717, 1.165) is 12.8 Å². The van der Waals surface area contributed by atoms with Gasteiger partial charge in [-0.05, 0) is 38.8 Å². The summed E-state index contributed by atoms with van der Waals surface area (Å²) < 4.78 is 4.86. The number of carbonyl (C=O) groups is 1. The first-order valence-corrected chi connectivity index (χ1v) is 6.93. The Kier molecular flexibility index (Phi) is 4.44. The topological polar surface area (TPSA) is 26.3 Å². The van der Waals surface area contributed by atoms with Crippen molar-refractivity contribution in [1.29, 1.82) is 0 Å². The second kappa shape index (κ2) is 5.39. The van der Waals surface area contributed by atoms with Crippen LogP contribution in [0, 0.1) is 0 Å². The molecule has 13 heavy (non-hydrogen) atoms. The molecule has 1 aliphatic rings. The average molecular weight is 200 g/mol. The molecule has 0 unspecified atom stereocenters. The summed E-state index contributed by atoms with van der Waals surface area (Å²) in [5.41, 5.74) is 1.28. The van der Waals surface area contributed by atoms with Crippen molar-refractivity contribution in [2.24, 2.45) is 0 Å². The zero-order valence-corrected chi connectivity index (χ0v) is 9.27. The Morgan fingerprint density at radius 2 is 2.15 bits per heavy atom. The lowest BCUT2D eigenvalue weighted by molar-refractivity contribution is -0.137. The predicted molar refractivity (Wildman–Crippen MR) is 56.5 cm³/mol. The fourth-order valence-electron chi connectivity index (χ4n) is 1.40. The van der Waals surface area contributed by atoms with Crippen molar-refractivity contribution >= 4 is 13.9 Å². The molecule has 1 fully saturated rings. The second-order valence-corrected chi connectivity index (χ2v) is 5.96. The summed E-state index contributed by atoms with van der Waals surface area (Å²) in [7, 11) is 0.256. The molecular weight excluding hydrogens is 183 g/mol. The van der Waals surface area contributed by atoms with Gasteiger partial charge in [-0.15, -0.1) is 7.92 Å².